The maximum absolute atomic E-state index is 13.2. The molecule has 1 N–H and O–H groups in total. The minimum absolute atomic E-state index is 0.0109. The molecule has 2 aromatic carbocycles. The molecule has 0 aliphatic heterocycles. The fourth-order valence-corrected chi connectivity index (χ4v) is 2.69. The highest BCUT2D eigenvalue weighted by molar-refractivity contribution is 6.02. The molecule has 3 rings (SSSR count). The van der Waals surface area contributed by atoms with Crippen LogP contribution in [0.15, 0.2) is 65.1 Å². The van der Waals surface area contributed by atoms with Gasteiger partial charge in [-0.3, -0.25) is 4.79 Å². The number of rotatable bonds is 4. The molecule has 0 spiro atoms. The molecule has 27 heavy (non-hydrogen) atoms. The maximum atomic E-state index is 13.2. The molecule has 0 fully saturated rings. The Kier molecular flexibility index (Phi) is 5.08. The van der Waals surface area contributed by atoms with E-state index in [0.717, 1.165) is 11.6 Å². The summed E-state index contributed by atoms with van der Waals surface area (Å²) in [5.41, 5.74) is 0.802. The second-order valence-electron chi connectivity index (χ2n) is 6.44. The van der Waals surface area contributed by atoms with E-state index >= 15 is 0 Å². The first-order valence-electron chi connectivity index (χ1n) is 8.43. The summed E-state index contributed by atoms with van der Waals surface area (Å²) in [7, 11) is 0. The number of benzene rings is 2. The van der Waals surface area contributed by atoms with Crippen molar-refractivity contribution in [1.82, 2.24) is 0 Å². The molecular formula is C21H18F3NO2. The van der Waals surface area contributed by atoms with Gasteiger partial charge in [0.2, 0.25) is 0 Å². The Morgan fingerprint density at radius 3 is 2.26 bits per heavy atom. The summed E-state index contributed by atoms with van der Waals surface area (Å²) in [6, 6.07) is 15.2. The van der Waals surface area contributed by atoms with Crippen molar-refractivity contribution in [2.75, 3.05) is 5.32 Å². The second kappa shape index (κ2) is 7.31. The molecule has 0 aliphatic carbocycles. The minimum Gasteiger partial charge on any atom is -0.451 e. The van der Waals surface area contributed by atoms with Crippen LogP contribution in [0.25, 0.3) is 11.3 Å². The molecule has 140 valence electrons. The molecule has 0 aliphatic rings. The molecule has 0 saturated heterocycles. The predicted molar refractivity (Wildman–Crippen MR) is 97.6 cm³/mol. The van der Waals surface area contributed by atoms with Crippen molar-refractivity contribution in [2.45, 2.75) is 25.9 Å². The SMILES string of the molecule is CC(C)c1ccc(NC(=O)c2ccc(-c3ccccc3C(F)(F)F)o2)cc1. The van der Waals surface area contributed by atoms with Gasteiger partial charge in [0.25, 0.3) is 5.91 Å². The summed E-state index contributed by atoms with van der Waals surface area (Å²) in [4.78, 5) is 12.3. The van der Waals surface area contributed by atoms with Gasteiger partial charge < -0.3 is 9.73 Å². The predicted octanol–water partition coefficient (Wildman–Crippen LogP) is 6.34. The monoisotopic (exact) mass is 373 g/mol. The third-order valence-corrected chi connectivity index (χ3v) is 4.16. The van der Waals surface area contributed by atoms with Crippen LogP contribution in [0, 0.1) is 0 Å². The fourth-order valence-electron chi connectivity index (χ4n) is 2.69. The van der Waals surface area contributed by atoms with E-state index in [2.05, 4.69) is 19.2 Å². The molecule has 0 bridgehead atoms. The standard InChI is InChI=1S/C21H18F3NO2/c1-13(2)14-7-9-15(10-8-14)25-20(26)19-12-11-18(27-19)16-5-3-4-6-17(16)21(22,23)24/h3-13H,1-2H3,(H,25,26). The average molecular weight is 373 g/mol. The third kappa shape index (κ3) is 4.22. The number of nitrogens with one attached hydrogen (secondary N) is 1. The van der Waals surface area contributed by atoms with E-state index in [-0.39, 0.29) is 17.1 Å². The highest BCUT2D eigenvalue weighted by Gasteiger charge is 2.34. The lowest BCUT2D eigenvalue weighted by atomic mass is 10.0. The van der Waals surface area contributed by atoms with Crippen molar-refractivity contribution in [1.29, 1.82) is 0 Å². The number of furan rings is 1. The van der Waals surface area contributed by atoms with Crippen LogP contribution < -0.4 is 5.32 Å². The maximum Gasteiger partial charge on any atom is 0.417 e. The highest BCUT2D eigenvalue weighted by Crippen LogP contribution is 2.37. The van der Waals surface area contributed by atoms with E-state index in [4.69, 9.17) is 4.42 Å². The van der Waals surface area contributed by atoms with Gasteiger partial charge in [-0.25, -0.2) is 0 Å². The van der Waals surface area contributed by atoms with E-state index < -0.39 is 17.6 Å². The minimum atomic E-state index is -4.51. The number of anilines is 1. The van der Waals surface area contributed by atoms with Crippen LogP contribution >= 0.6 is 0 Å². The fraction of sp³-hybridized carbons (Fsp3) is 0.190. The van der Waals surface area contributed by atoms with Crippen molar-refractivity contribution >= 4 is 11.6 Å². The number of alkyl halides is 3. The van der Waals surface area contributed by atoms with Gasteiger partial charge in [-0.2, -0.15) is 13.2 Å². The Morgan fingerprint density at radius 2 is 1.63 bits per heavy atom. The molecule has 0 unspecified atom stereocenters. The van der Waals surface area contributed by atoms with Crippen molar-refractivity contribution in [3.05, 3.63) is 77.6 Å². The first-order valence-corrected chi connectivity index (χ1v) is 8.43. The summed E-state index contributed by atoms with van der Waals surface area (Å²) in [6.45, 7) is 4.13. The van der Waals surface area contributed by atoms with Crippen molar-refractivity contribution < 1.29 is 22.4 Å². The van der Waals surface area contributed by atoms with Gasteiger partial charge in [0, 0.05) is 11.3 Å². The number of hydrogen-bond donors (Lipinski definition) is 1. The number of amides is 1. The summed E-state index contributed by atoms with van der Waals surface area (Å²) in [5.74, 6) is -0.225. The van der Waals surface area contributed by atoms with E-state index in [9.17, 15) is 18.0 Å². The van der Waals surface area contributed by atoms with Gasteiger partial charge in [-0.05, 0) is 41.8 Å². The van der Waals surface area contributed by atoms with E-state index in [0.29, 0.717) is 11.6 Å². The van der Waals surface area contributed by atoms with Crippen molar-refractivity contribution in [3.8, 4) is 11.3 Å². The van der Waals surface area contributed by atoms with Gasteiger partial charge in [0.15, 0.2) is 5.76 Å². The van der Waals surface area contributed by atoms with Gasteiger partial charge in [0.1, 0.15) is 5.76 Å². The summed E-state index contributed by atoms with van der Waals surface area (Å²) < 4.78 is 44.9. The Bertz CT molecular complexity index is 941. The van der Waals surface area contributed by atoms with Crippen LogP contribution in [-0.4, -0.2) is 5.91 Å². The zero-order chi connectivity index (χ0) is 19.6. The number of carbonyl (C=O) groups excluding carboxylic acids is 1. The van der Waals surface area contributed by atoms with Crippen molar-refractivity contribution in [2.24, 2.45) is 0 Å². The lowest BCUT2D eigenvalue weighted by Gasteiger charge is -2.10. The first kappa shape index (κ1) is 18.8. The Morgan fingerprint density at radius 1 is 0.963 bits per heavy atom. The van der Waals surface area contributed by atoms with Gasteiger partial charge in [-0.15, -0.1) is 0 Å². The topological polar surface area (TPSA) is 42.2 Å². The summed E-state index contributed by atoms with van der Waals surface area (Å²) >= 11 is 0. The average Bonchev–Trinajstić information content (AvgIpc) is 3.11. The van der Waals surface area contributed by atoms with E-state index in [1.54, 1.807) is 12.1 Å². The summed E-state index contributed by atoms with van der Waals surface area (Å²) in [6.07, 6.45) is -4.51. The highest BCUT2D eigenvalue weighted by atomic mass is 19.4. The molecule has 0 atom stereocenters. The first-order chi connectivity index (χ1) is 12.8. The molecule has 6 heteroatoms. The zero-order valence-corrected chi connectivity index (χ0v) is 14.8. The Hall–Kier alpha value is -3.02. The van der Waals surface area contributed by atoms with E-state index in [1.807, 2.05) is 12.1 Å². The number of carbonyl (C=O) groups is 1. The largest absolute Gasteiger partial charge is 0.451 e. The third-order valence-electron chi connectivity index (χ3n) is 4.16. The lowest BCUT2D eigenvalue weighted by molar-refractivity contribution is -0.137. The van der Waals surface area contributed by atoms with E-state index in [1.165, 1.54) is 30.3 Å². The van der Waals surface area contributed by atoms with Gasteiger partial charge >= 0.3 is 6.18 Å². The zero-order valence-electron chi connectivity index (χ0n) is 14.8. The van der Waals surface area contributed by atoms with Crippen molar-refractivity contribution in [3.63, 3.8) is 0 Å². The van der Waals surface area contributed by atoms with Crippen LogP contribution in [0.4, 0.5) is 18.9 Å². The molecule has 3 aromatic rings. The number of halogens is 3. The van der Waals surface area contributed by atoms with Crippen LogP contribution in [0.1, 0.15) is 41.4 Å². The van der Waals surface area contributed by atoms with Crippen LogP contribution in [-0.2, 0) is 6.18 Å². The Balaban J connectivity index is 1.81. The smallest absolute Gasteiger partial charge is 0.417 e. The number of hydrogen-bond acceptors (Lipinski definition) is 2. The second-order valence-corrected chi connectivity index (χ2v) is 6.44. The molecule has 1 heterocycles. The molecule has 3 nitrogen and oxygen atoms in total. The molecular weight excluding hydrogens is 355 g/mol. The normalized spacial score (nSPS) is 11.6. The van der Waals surface area contributed by atoms with Crippen LogP contribution in [0.3, 0.4) is 0 Å². The van der Waals surface area contributed by atoms with Crippen LogP contribution in [0.5, 0.6) is 0 Å². The molecule has 0 saturated carbocycles. The molecule has 1 amide bonds. The lowest BCUT2D eigenvalue weighted by Crippen LogP contribution is -2.10. The Labute approximate surface area is 154 Å². The van der Waals surface area contributed by atoms with Crippen LogP contribution in [0.2, 0.25) is 0 Å². The quantitative estimate of drug-likeness (QED) is 0.580. The molecule has 0 radical (unpaired) electrons. The van der Waals surface area contributed by atoms with Gasteiger partial charge in [0.05, 0.1) is 5.56 Å². The molecule has 1 aromatic heterocycles. The van der Waals surface area contributed by atoms with Gasteiger partial charge in [-0.1, -0.05) is 44.2 Å². The summed E-state index contributed by atoms with van der Waals surface area (Å²) in [5, 5.41) is 2.68.